The van der Waals surface area contributed by atoms with Crippen molar-refractivity contribution in [1.82, 2.24) is 0 Å². The predicted octanol–water partition coefficient (Wildman–Crippen LogP) is 0.617. The van der Waals surface area contributed by atoms with Gasteiger partial charge in [-0.2, -0.15) is 8.78 Å². The van der Waals surface area contributed by atoms with Crippen molar-refractivity contribution in [3.63, 3.8) is 0 Å². The number of ether oxygens (including phenoxy) is 1. The number of hydrogen-bond donors (Lipinski definition) is 0. The lowest BCUT2D eigenvalue weighted by Gasteiger charge is -2.24. The molecule has 0 saturated carbocycles. The van der Waals surface area contributed by atoms with Crippen molar-refractivity contribution in [1.29, 1.82) is 0 Å². The zero-order valence-electron chi connectivity index (χ0n) is 8.85. The molecule has 0 amide bonds. The quantitative estimate of drug-likeness (QED) is 0.727. The van der Waals surface area contributed by atoms with Crippen LogP contribution in [0.5, 0.6) is 0 Å². The third-order valence-corrected chi connectivity index (χ3v) is 2.08. The number of esters is 1. The van der Waals surface area contributed by atoms with Crippen molar-refractivity contribution in [2.24, 2.45) is 0 Å². The maximum atomic E-state index is 12.9. The second-order valence-corrected chi connectivity index (χ2v) is 3.32. The summed E-state index contributed by atoms with van der Waals surface area (Å²) in [5.74, 6) is -7.81. The molecule has 0 fully saturated rings. The molecule has 1 rings (SSSR count). The van der Waals surface area contributed by atoms with Gasteiger partial charge in [-0.1, -0.05) is 18.2 Å². The molecule has 0 aliphatic heterocycles. The summed E-state index contributed by atoms with van der Waals surface area (Å²) in [7, 11) is 0. The molecule has 17 heavy (non-hydrogen) atoms. The fraction of sp³-hybridized carbons (Fsp3) is 0.273. The van der Waals surface area contributed by atoms with Gasteiger partial charge >= 0.3 is 11.9 Å². The normalized spacial score (nSPS) is 12.9. The van der Waals surface area contributed by atoms with Crippen LogP contribution in [-0.4, -0.2) is 24.0 Å². The fourth-order valence-corrected chi connectivity index (χ4v) is 1.04. The lowest BCUT2D eigenvalue weighted by atomic mass is 10.2. The summed E-state index contributed by atoms with van der Waals surface area (Å²) in [5, 5.41) is 10.1. The van der Waals surface area contributed by atoms with Crippen molar-refractivity contribution < 1.29 is 28.2 Å². The number of aliphatic carboxylic acids is 1. The number of carbonyl (C=O) groups is 2. The first-order valence-corrected chi connectivity index (χ1v) is 4.71. The van der Waals surface area contributed by atoms with Crippen LogP contribution in [0.15, 0.2) is 30.3 Å². The molecule has 1 unspecified atom stereocenters. The van der Waals surface area contributed by atoms with Gasteiger partial charge in [0.25, 0.3) is 0 Å². The zero-order valence-corrected chi connectivity index (χ0v) is 8.85. The van der Waals surface area contributed by atoms with Gasteiger partial charge in [-0.15, -0.1) is 0 Å². The van der Waals surface area contributed by atoms with Gasteiger partial charge in [0.05, 0.1) is 5.56 Å². The Morgan fingerprint density at radius 3 is 2.29 bits per heavy atom. The van der Waals surface area contributed by atoms with E-state index in [1.54, 1.807) is 6.07 Å². The maximum Gasteiger partial charge on any atom is 0.338 e. The SMILES string of the molecule is CC(OC(=O)c1ccccc1)C(F)(F)C(=O)[O-]. The highest BCUT2D eigenvalue weighted by Crippen LogP contribution is 2.21. The standard InChI is InChI=1S/C11H10F2O4/c1-7(11(12,13)10(15)16)17-9(14)8-5-3-2-4-6-8/h2-7H,1H3,(H,15,16)/p-1. The smallest absolute Gasteiger partial charge is 0.338 e. The highest BCUT2D eigenvalue weighted by molar-refractivity contribution is 5.89. The van der Waals surface area contributed by atoms with Gasteiger partial charge < -0.3 is 14.6 Å². The van der Waals surface area contributed by atoms with E-state index in [0.29, 0.717) is 0 Å². The Labute approximate surface area is 95.8 Å². The monoisotopic (exact) mass is 243 g/mol. The molecular formula is C11H9F2O4-. The molecule has 6 heteroatoms. The number of hydrogen-bond acceptors (Lipinski definition) is 4. The summed E-state index contributed by atoms with van der Waals surface area (Å²) >= 11 is 0. The van der Waals surface area contributed by atoms with Gasteiger partial charge in [0.15, 0.2) is 6.10 Å². The van der Waals surface area contributed by atoms with E-state index in [2.05, 4.69) is 4.74 Å². The van der Waals surface area contributed by atoms with Gasteiger partial charge in [0.1, 0.15) is 5.97 Å². The fourth-order valence-electron chi connectivity index (χ4n) is 1.04. The third-order valence-electron chi connectivity index (χ3n) is 2.08. The van der Waals surface area contributed by atoms with Crippen molar-refractivity contribution in [3.8, 4) is 0 Å². The lowest BCUT2D eigenvalue weighted by Crippen LogP contribution is -2.50. The Hall–Kier alpha value is -1.98. The van der Waals surface area contributed by atoms with Gasteiger partial charge in [0, 0.05) is 0 Å². The van der Waals surface area contributed by atoms with Gasteiger partial charge in [0.2, 0.25) is 0 Å². The Morgan fingerprint density at radius 2 is 1.82 bits per heavy atom. The summed E-state index contributed by atoms with van der Waals surface area (Å²) in [6.45, 7) is 0.788. The summed E-state index contributed by atoms with van der Waals surface area (Å²) in [6, 6.07) is 7.42. The minimum absolute atomic E-state index is 0.0634. The van der Waals surface area contributed by atoms with E-state index < -0.39 is 24.0 Å². The van der Waals surface area contributed by atoms with Gasteiger partial charge in [-0.25, -0.2) is 4.79 Å². The Balaban J connectivity index is 2.74. The second kappa shape index (κ2) is 4.90. The first-order valence-electron chi connectivity index (χ1n) is 4.71. The summed E-state index contributed by atoms with van der Waals surface area (Å²) < 4.78 is 30.1. The first kappa shape index (κ1) is 13.1. The predicted molar refractivity (Wildman–Crippen MR) is 51.3 cm³/mol. The Kier molecular flexibility index (Phi) is 3.77. The van der Waals surface area contributed by atoms with Crippen LogP contribution in [-0.2, 0) is 9.53 Å². The minimum atomic E-state index is -4.22. The number of carbonyl (C=O) groups excluding carboxylic acids is 2. The van der Waals surface area contributed by atoms with Crippen molar-refractivity contribution in [2.45, 2.75) is 19.0 Å². The van der Waals surface area contributed by atoms with Crippen molar-refractivity contribution >= 4 is 11.9 Å². The number of benzene rings is 1. The van der Waals surface area contributed by atoms with E-state index in [-0.39, 0.29) is 5.56 Å². The number of carboxylic acid groups (broad SMARTS) is 1. The third kappa shape index (κ3) is 2.99. The molecular weight excluding hydrogens is 234 g/mol. The highest BCUT2D eigenvalue weighted by Gasteiger charge is 2.41. The zero-order chi connectivity index (χ0) is 13.1. The molecule has 0 aromatic heterocycles. The summed E-state index contributed by atoms with van der Waals surface area (Å²) in [5.41, 5.74) is 0.0634. The van der Waals surface area contributed by atoms with Gasteiger partial charge in [-0.3, -0.25) is 0 Å². The first-order chi connectivity index (χ1) is 7.85. The van der Waals surface area contributed by atoms with Crippen LogP contribution in [0.1, 0.15) is 17.3 Å². The molecule has 0 bridgehead atoms. The Morgan fingerprint density at radius 1 is 1.29 bits per heavy atom. The number of carboxylic acids is 1. The van der Waals surface area contributed by atoms with Crippen LogP contribution in [0.4, 0.5) is 8.78 Å². The second-order valence-electron chi connectivity index (χ2n) is 3.32. The van der Waals surface area contributed by atoms with Crippen LogP contribution in [0.25, 0.3) is 0 Å². The molecule has 1 aromatic carbocycles. The topological polar surface area (TPSA) is 66.4 Å². The molecule has 0 spiro atoms. The molecule has 92 valence electrons. The highest BCUT2D eigenvalue weighted by atomic mass is 19.3. The van der Waals surface area contributed by atoms with E-state index in [1.165, 1.54) is 24.3 Å². The van der Waals surface area contributed by atoms with Crippen LogP contribution in [0.2, 0.25) is 0 Å². The average molecular weight is 243 g/mol. The largest absolute Gasteiger partial charge is 0.544 e. The van der Waals surface area contributed by atoms with Crippen molar-refractivity contribution in [3.05, 3.63) is 35.9 Å². The number of halogens is 2. The summed E-state index contributed by atoms with van der Waals surface area (Å²) in [6.07, 6.45) is -2.10. The Bertz CT molecular complexity index is 417. The molecule has 0 saturated heterocycles. The molecule has 0 N–H and O–H groups in total. The van der Waals surface area contributed by atoms with Gasteiger partial charge in [-0.05, 0) is 19.1 Å². The van der Waals surface area contributed by atoms with Crippen LogP contribution in [0.3, 0.4) is 0 Å². The van der Waals surface area contributed by atoms with E-state index in [4.69, 9.17) is 0 Å². The minimum Gasteiger partial charge on any atom is -0.544 e. The lowest BCUT2D eigenvalue weighted by molar-refractivity contribution is -0.335. The maximum absolute atomic E-state index is 12.9. The van der Waals surface area contributed by atoms with Crippen LogP contribution >= 0.6 is 0 Å². The molecule has 1 atom stereocenters. The van der Waals surface area contributed by atoms with Crippen LogP contribution < -0.4 is 5.11 Å². The molecule has 0 radical (unpaired) electrons. The van der Waals surface area contributed by atoms with E-state index in [0.717, 1.165) is 6.92 Å². The molecule has 4 nitrogen and oxygen atoms in total. The molecule has 1 aromatic rings. The molecule has 0 heterocycles. The van der Waals surface area contributed by atoms with E-state index >= 15 is 0 Å². The average Bonchev–Trinajstić information content (AvgIpc) is 2.29. The molecule has 0 aliphatic carbocycles. The van der Waals surface area contributed by atoms with E-state index in [9.17, 15) is 23.5 Å². The number of rotatable bonds is 4. The van der Waals surface area contributed by atoms with Crippen LogP contribution in [0, 0.1) is 0 Å². The summed E-state index contributed by atoms with van der Waals surface area (Å²) in [4.78, 5) is 21.5. The molecule has 0 aliphatic rings. The number of alkyl halides is 2. The van der Waals surface area contributed by atoms with E-state index in [1.807, 2.05) is 0 Å². The van der Waals surface area contributed by atoms with Crippen molar-refractivity contribution in [2.75, 3.05) is 0 Å².